The summed E-state index contributed by atoms with van der Waals surface area (Å²) in [5.74, 6) is 0.731. The van der Waals surface area contributed by atoms with E-state index >= 15 is 0 Å². The van der Waals surface area contributed by atoms with Crippen molar-refractivity contribution < 1.29 is 0 Å². The number of hydrogen-bond donors (Lipinski definition) is 0. The number of likely N-dealkylation sites (tertiary alicyclic amines) is 1. The average molecular weight is 232 g/mol. The van der Waals surface area contributed by atoms with E-state index in [-0.39, 0.29) is 0 Å². The topological polar surface area (TPSA) is 34.0 Å². The Kier molecular flexibility index (Phi) is 2.25. The van der Waals surface area contributed by atoms with E-state index in [0.29, 0.717) is 6.04 Å². The molecule has 4 rings (SSSR count). The molecule has 0 radical (unpaired) electrons. The lowest BCUT2D eigenvalue weighted by atomic mass is 10.0. The highest BCUT2D eigenvalue weighted by Gasteiger charge is 2.36. The molecule has 0 unspecified atom stereocenters. The van der Waals surface area contributed by atoms with Gasteiger partial charge in [0.15, 0.2) is 0 Å². The predicted molar refractivity (Wildman–Crippen MR) is 64.9 cm³/mol. The largest absolute Gasteiger partial charge is 0.296 e. The molecule has 2 heterocycles. The van der Waals surface area contributed by atoms with Crippen LogP contribution in [0.15, 0.2) is 6.20 Å². The maximum atomic E-state index is 4.30. The lowest BCUT2D eigenvalue weighted by Gasteiger charge is -2.42. The average Bonchev–Trinajstić information content (AvgIpc) is 2.79. The van der Waals surface area contributed by atoms with Crippen molar-refractivity contribution in [1.29, 1.82) is 0 Å². The van der Waals surface area contributed by atoms with Crippen LogP contribution in [-0.4, -0.2) is 39.0 Å². The van der Waals surface area contributed by atoms with Crippen molar-refractivity contribution in [2.45, 2.75) is 56.5 Å². The van der Waals surface area contributed by atoms with Gasteiger partial charge in [-0.05, 0) is 25.7 Å². The lowest BCUT2D eigenvalue weighted by Crippen LogP contribution is -2.52. The molecule has 1 aromatic rings. The Balaban J connectivity index is 1.37. The van der Waals surface area contributed by atoms with Crippen molar-refractivity contribution >= 4 is 0 Å². The third-order valence-electron chi connectivity index (χ3n) is 4.63. The summed E-state index contributed by atoms with van der Waals surface area (Å²) < 4.78 is 2.11. The van der Waals surface area contributed by atoms with Crippen LogP contribution < -0.4 is 0 Å². The zero-order chi connectivity index (χ0) is 11.2. The Morgan fingerprint density at radius 3 is 2.47 bits per heavy atom. The van der Waals surface area contributed by atoms with Gasteiger partial charge in [-0.15, -0.1) is 5.10 Å². The van der Waals surface area contributed by atoms with E-state index in [1.165, 1.54) is 57.3 Å². The van der Waals surface area contributed by atoms with Crippen LogP contribution in [0.2, 0.25) is 0 Å². The quantitative estimate of drug-likeness (QED) is 0.799. The zero-order valence-corrected chi connectivity index (χ0v) is 10.3. The summed E-state index contributed by atoms with van der Waals surface area (Å²) in [6.07, 6.45) is 10.5. The highest BCUT2D eigenvalue weighted by molar-refractivity contribution is 5.10. The summed E-state index contributed by atoms with van der Waals surface area (Å²) in [4.78, 5) is 2.64. The van der Waals surface area contributed by atoms with Gasteiger partial charge in [0, 0.05) is 31.2 Å². The Hall–Kier alpha value is -0.900. The second-order valence-electron chi connectivity index (χ2n) is 5.94. The molecular weight excluding hydrogens is 212 g/mol. The monoisotopic (exact) mass is 232 g/mol. The molecule has 0 N–H and O–H groups in total. The second-order valence-corrected chi connectivity index (χ2v) is 5.94. The van der Waals surface area contributed by atoms with Crippen LogP contribution in [-0.2, 0) is 0 Å². The first-order chi connectivity index (χ1) is 8.40. The van der Waals surface area contributed by atoms with E-state index in [0.717, 1.165) is 12.0 Å². The Labute approximate surface area is 102 Å². The van der Waals surface area contributed by atoms with Crippen LogP contribution in [0.4, 0.5) is 0 Å². The molecule has 0 aromatic carbocycles. The van der Waals surface area contributed by atoms with Crippen molar-refractivity contribution in [3.05, 3.63) is 11.9 Å². The van der Waals surface area contributed by atoms with Crippen LogP contribution >= 0.6 is 0 Å². The summed E-state index contributed by atoms with van der Waals surface area (Å²) in [6.45, 7) is 2.39. The molecule has 2 saturated carbocycles. The standard InChI is InChI=1S/C13H20N4/c1-2-4-11(3-1)16-7-12(8-16)17-9-13(14-15-17)10-5-6-10/h9-12H,1-8H2. The minimum absolute atomic E-state index is 0.593. The Morgan fingerprint density at radius 1 is 1.00 bits per heavy atom. The van der Waals surface area contributed by atoms with Gasteiger partial charge in [0.1, 0.15) is 0 Å². The van der Waals surface area contributed by atoms with E-state index < -0.39 is 0 Å². The minimum Gasteiger partial charge on any atom is -0.296 e. The van der Waals surface area contributed by atoms with Gasteiger partial charge in [-0.3, -0.25) is 4.90 Å². The number of nitrogens with zero attached hydrogens (tertiary/aromatic N) is 4. The van der Waals surface area contributed by atoms with Gasteiger partial charge < -0.3 is 0 Å². The Morgan fingerprint density at radius 2 is 1.76 bits per heavy atom. The fourth-order valence-electron chi connectivity index (χ4n) is 3.26. The van der Waals surface area contributed by atoms with Gasteiger partial charge in [0.05, 0.1) is 11.7 Å². The smallest absolute Gasteiger partial charge is 0.0858 e. The third-order valence-corrected chi connectivity index (χ3v) is 4.63. The van der Waals surface area contributed by atoms with Gasteiger partial charge >= 0.3 is 0 Å². The van der Waals surface area contributed by atoms with Crippen molar-refractivity contribution in [2.75, 3.05) is 13.1 Å². The highest BCUT2D eigenvalue weighted by Crippen LogP contribution is 2.39. The van der Waals surface area contributed by atoms with Crippen molar-refractivity contribution in [3.8, 4) is 0 Å². The molecule has 3 aliphatic rings. The van der Waals surface area contributed by atoms with E-state index in [1.807, 2.05) is 0 Å². The molecule has 1 aromatic heterocycles. The summed E-state index contributed by atoms with van der Waals surface area (Å²) in [5, 5.41) is 8.60. The van der Waals surface area contributed by atoms with Crippen LogP contribution in [0.1, 0.15) is 56.2 Å². The molecule has 4 nitrogen and oxygen atoms in total. The van der Waals surface area contributed by atoms with Gasteiger partial charge in [-0.1, -0.05) is 18.1 Å². The SMILES string of the molecule is c1c(C2CC2)nnn1C1CN(C2CCCC2)C1. The number of hydrogen-bond acceptors (Lipinski definition) is 3. The molecule has 17 heavy (non-hydrogen) atoms. The second kappa shape index (κ2) is 3.80. The fraction of sp³-hybridized carbons (Fsp3) is 0.846. The normalized spacial score (nSPS) is 27.5. The Bertz CT molecular complexity index is 397. The number of rotatable bonds is 3. The lowest BCUT2D eigenvalue weighted by molar-refractivity contribution is 0.0543. The third kappa shape index (κ3) is 1.79. The molecule has 0 atom stereocenters. The van der Waals surface area contributed by atoms with Gasteiger partial charge in [-0.25, -0.2) is 4.68 Å². The molecule has 0 amide bonds. The molecule has 2 aliphatic carbocycles. The molecule has 3 fully saturated rings. The molecule has 0 bridgehead atoms. The summed E-state index contributed by atoms with van der Waals surface area (Å²) in [6, 6.07) is 1.47. The molecule has 0 spiro atoms. The van der Waals surface area contributed by atoms with Gasteiger partial charge in [-0.2, -0.15) is 0 Å². The molecule has 4 heteroatoms. The van der Waals surface area contributed by atoms with Crippen LogP contribution in [0.3, 0.4) is 0 Å². The summed E-state index contributed by atoms with van der Waals surface area (Å²) in [7, 11) is 0. The van der Waals surface area contributed by atoms with Gasteiger partial charge in [0.25, 0.3) is 0 Å². The predicted octanol–water partition coefficient (Wildman–Crippen LogP) is 1.95. The van der Waals surface area contributed by atoms with Crippen molar-refractivity contribution in [1.82, 2.24) is 19.9 Å². The zero-order valence-electron chi connectivity index (χ0n) is 10.3. The van der Waals surface area contributed by atoms with Crippen LogP contribution in [0, 0.1) is 0 Å². The van der Waals surface area contributed by atoms with E-state index in [2.05, 4.69) is 26.1 Å². The maximum absolute atomic E-state index is 4.30. The van der Waals surface area contributed by atoms with E-state index in [1.54, 1.807) is 0 Å². The maximum Gasteiger partial charge on any atom is 0.0858 e. The minimum atomic E-state index is 0.593. The van der Waals surface area contributed by atoms with Gasteiger partial charge in [0.2, 0.25) is 0 Å². The molecule has 1 saturated heterocycles. The molecule has 92 valence electrons. The number of aromatic nitrogens is 3. The highest BCUT2D eigenvalue weighted by atomic mass is 15.5. The molecular formula is C13H20N4. The summed E-state index contributed by atoms with van der Waals surface area (Å²) >= 11 is 0. The first-order valence-corrected chi connectivity index (χ1v) is 7.06. The first kappa shape index (κ1) is 10.1. The van der Waals surface area contributed by atoms with Crippen LogP contribution in [0.5, 0.6) is 0 Å². The van der Waals surface area contributed by atoms with E-state index in [4.69, 9.17) is 0 Å². The van der Waals surface area contributed by atoms with Crippen molar-refractivity contribution in [3.63, 3.8) is 0 Å². The van der Waals surface area contributed by atoms with Crippen molar-refractivity contribution in [2.24, 2.45) is 0 Å². The first-order valence-electron chi connectivity index (χ1n) is 7.06. The fourth-order valence-corrected chi connectivity index (χ4v) is 3.26. The van der Waals surface area contributed by atoms with E-state index in [9.17, 15) is 0 Å². The summed E-state index contributed by atoms with van der Waals surface area (Å²) in [5.41, 5.74) is 1.23. The molecule has 1 aliphatic heterocycles. The van der Waals surface area contributed by atoms with Crippen LogP contribution in [0.25, 0.3) is 0 Å².